The lowest BCUT2D eigenvalue weighted by Gasteiger charge is -2.42. The first-order chi connectivity index (χ1) is 8.72. The second kappa shape index (κ2) is 4.66. The lowest BCUT2D eigenvalue weighted by Crippen LogP contribution is -2.62. The number of benzene rings is 1. The van der Waals surface area contributed by atoms with Crippen molar-refractivity contribution in [3.05, 3.63) is 35.6 Å². The zero-order valence-corrected chi connectivity index (χ0v) is 10.0. The Kier molecular flexibility index (Phi) is 3.01. The van der Waals surface area contributed by atoms with Crippen LogP contribution in [0.5, 0.6) is 0 Å². The zero-order valence-electron chi connectivity index (χ0n) is 10.0. The number of amides is 1. The molecule has 18 heavy (non-hydrogen) atoms. The first-order valence-electron chi connectivity index (χ1n) is 6.22. The standard InChI is InChI=1S/C13H16FN3O/c14-10-3-1-2-9(4-10)12-7-17-8-13(18)16-6-11(17)5-15-12/h1-4,11-12,15H,5-8H2,(H,16,18). The molecule has 0 bridgehead atoms. The molecule has 96 valence electrons. The summed E-state index contributed by atoms with van der Waals surface area (Å²) < 4.78 is 13.2. The molecule has 2 unspecified atom stereocenters. The number of carbonyl (C=O) groups is 1. The van der Waals surface area contributed by atoms with E-state index in [0.717, 1.165) is 18.7 Å². The van der Waals surface area contributed by atoms with E-state index < -0.39 is 0 Å². The summed E-state index contributed by atoms with van der Waals surface area (Å²) in [5, 5.41) is 6.28. The second-order valence-corrected chi connectivity index (χ2v) is 4.90. The van der Waals surface area contributed by atoms with E-state index in [1.165, 1.54) is 6.07 Å². The molecule has 2 aliphatic heterocycles. The number of hydrogen-bond acceptors (Lipinski definition) is 3. The van der Waals surface area contributed by atoms with Gasteiger partial charge < -0.3 is 10.6 Å². The van der Waals surface area contributed by atoms with Crippen LogP contribution < -0.4 is 10.6 Å². The minimum Gasteiger partial charge on any atom is -0.353 e. The topological polar surface area (TPSA) is 44.4 Å². The molecule has 3 rings (SSSR count). The maximum Gasteiger partial charge on any atom is 0.234 e. The van der Waals surface area contributed by atoms with Crippen LogP contribution in [0.15, 0.2) is 24.3 Å². The molecular formula is C13H16FN3O. The van der Waals surface area contributed by atoms with Crippen LogP contribution in [-0.2, 0) is 4.79 Å². The van der Waals surface area contributed by atoms with E-state index in [9.17, 15) is 9.18 Å². The Morgan fingerprint density at radius 2 is 2.22 bits per heavy atom. The van der Waals surface area contributed by atoms with Gasteiger partial charge >= 0.3 is 0 Å². The van der Waals surface area contributed by atoms with Crippen LogP contribution in [-0.4, -0.2) is 43.0 Å². The van der Waals surface area contributed by atoms with Crippen LogP contribution in [0.3, 0.4) is 0 Å². The van der Waals surface area contributed by atoms with E-state index >= 15 is 0 Å². The monoisotopic (exact) mass is 249 g/mol. The first-order valence-corrected chi connectivity index (χ1v) is 6.22. The van der Waals surface area contributed by atoms with Gasteiger partial charge in [-0.2, -0.15) is 0 Å². The molecule has 0 radical (unpaired) electrons. The Labute approximate surface area is 105 Å². The summed E-state index contributed by atoms with van der Waals surface area (Å²) in [6.45, 7) is 2.71. The highest BCUT2D eigenvalue weighted by Crippen LogP contribution is 2.21. The summed E-state index contributed by atoms with van der Waals surface area (Å²) >= 11 is 0. The van der Waals surface area contributed by atoms with E-state index in [-0.39, 0.29) is 17.8 Å². The van der Waals surface area contributed by atoms with Gasteiger partial charge in [-0.1, -0.05) is 12.1 Å². The fourth-order valence-electron chi connectivity index (χ4n) is 2.67. The van der Waals surface area contributed by atoms with Crippen molar-refractivity contribution in [2.24, 2.45) is 0 Å². The van der Waals surface area contributed by atoms with E-state index in [1.54, 1.807) is 12.1 Å². The summed E-state index contributed by atoms with van der Waals surface area (Å²) in [4.78, 5) is 13.6. The van der Waals surface area contributed by atoms with Crippen LogP contribution in [0, 0.1) is 5.82 Å². The molecule has 2 fully saturated rings. The molecule has 0 saturated carbocycles. The van der Waals surface area contributed by atoms with Gasteiger partial charge in [-0.3, -0.25) is 9.69 Å². The number of rotatable bonds is 1. The van der Waals surface area contributed by atoms with Crippen molar-refractivity contribution in [1.82, 2.24) is 15.5 Å². The average molecular weight is 249 g/mol. The highest BCUT2D eigenvalue weighted by molar-refractivity contribution is 5.78. The summed E-state index contributed by atoms with van der Waals surface area (Å²) in [6.07, 6.45) is 0. The maximum absolute atomic E-state index is 13.2. The number of hydrogen-bond donors (Lipinski definition) is 2. The van der Waals surface area contributed by atoms with Gasteiger partial charge in [0.05, 0.1) is 6.54 Å². The van der Waals surface area contributed by atoms with Gasteiger partial charge in [-0.05, 0) is 17.7 Å². The van der Waals surface area contributed by atoms with Gasteiger partial charge in [-0.25, -0.2) is 4.39 Å². The van der Waals surface area contributed by atoms with E-state index in [0.29, 0.717) is 19.1 Å². The van der Waals surface area contributed by atoms with Gasteiger partial charge in [0.2, 0.25) is 5.91 Å². The normalized spacial score (nSPS) is 28.6. The van der Waals surface area contributed by atoms with Gasteiger partial charge in [0, 0.05) is 31.7 Å². The van der Waals surface area contributed by atoms with Crippen molar-refractivity contribution in [3.8, 4) is 0 Å². The van der Waals surface area contributed by atoms with Gasteiger partial charge in [0.1, 0.15) is 5.82 Å². The van der Waals surface area contributed by atoms with Crippen LogP contribution in [0.1, 0.15) is 11.6 Å². The number of nitrogens with one attached hydrogen (secondary N) is 2. The molecular weight excluding hydrogens is 233 g/mol. The molecule has 2 aliphatic rings. The predicted octanol–water partition coefficient (Wildman–Crippen LogP) is 0.270. The van der Waals surface area contributed by atoms with Crippen LogP contribution in [0.2, 0.25) is 0 Å². The predicted molar refractivity (Wildman–Crippen MR) is 65.5 cm³/mol. The van der Waals surface area contributed by atoms with Crippen molar-refractivity contribution in [3.63, 3.8) is 0 Å². The third-order valence-electron chi connectivity index (χ3n) is 3.67. The minimum absolute atomic E-state index is 0.0751. The summed E-state index contributed by atoms with van der Waals surface area (Å²) in [6, 6.07) is 7.10. The highest BCUT2D eigenvalue weighted by Gasteiger charge is 2.32. The largest absolute Gasteiger partial charge is 0.353 e. The molecule has 2 heterocycles. The van der Waals surface area contributed by atoms with E-state index in [2.05, 4.69) is 15.5 Å². The molecule has 4 nitrogen and oxygen atoms in total. The molecule has 0 aromatic heterocycles. The molecule has 0 aliphatic carbocycles. The number of carbonyl (C=O) groups excluding carboxylic acids is 1. The van der Waals surface area contributed by atoms with Gasteiger partial charge in [-0.15, -0.1) is 0 Å². The summed E-state index contributed by atoms with van der Waals surface area (Å²) in [7, 11) is 0. The Bertz CT molecular complexity index is 465. The third kappa shape index (κ3) is 2.23. The first kappa shape index (κ1) is 11.6. The van der Waals surface area contributed by atoms with Crippen LogP contribution >= 0.6 is 0 Å². The fraction of sp³-hybridized carbons (Fsp3) is 0.462. The summed E-state index contributed by atoms with van der Waals surface area (Å²) in [5.74, 6) is -0.140. The molecule has 2 saturated heterocycles. The van der Waals surface area contributed by atoms with Crippen LogP contribution in [0.4, 0.5) is 4.39 Å². The smallest absolute Gasteiger partial charge is 0.234 e. The second-order valence-electron chi connectivity index (χ2n) is 4.90. The highest BCUT2D eigenvalue weighted by atomic mass is 19.1. The van der Waals surface area contributed by atoms with E-state index in [1.807, 2.05) is 6.07 Å². The van der Waals surface area contributed by atoms with Crippen molar-refractivity contribution >= 4 is 5.91 Å². The lowest BCUT2D eigenvalue weighted by molar-refractivity contribution is -0.126. The maximum atomic E-state index is 13.2. The number of fused-ring (bicyclic) bond motifs is 1. The van der Waals surface area contributed by atoms with Gasteiger partial charge in [0.25, 0.3) is 0 Å². The van der Waals surface area contributed by atoms with Crippen molar-refractivity contribution in [2.45, 2.75) is 12.1 Å². The molecule has 1 amide bonds. The van der Waals surface area contributed by atoms with E-state index in [4.69, 9.17) is 0 Å². The van der Waals surface area contributed by atoms with Gasteiger partial charge in [0.15, 0.2) is 0 Å². The Balaban J connectivity index is 1.74. The number of halogens is 1. The quantitative estimate of drug-likeness (QED) is 0.751. The number of nitrogens with zero attached hydrogens (tertiary/aromatic N) is 1. The van der Waals surface area contributed by atoms with Crippen molar-refractivity contribution in [1.29, 1.82) is 0 Å². The SMILES string of the molecule is O=C1CN2CC(c3cccc(F)c3)NCC2CN1. The van der Waals surface area contributed by atoms with Crippen LogP contribution in [0.25, 0.3) is 0 Å². The molecule has 0 spiro atoms. The molecule has 5 heteroatoms. The van der Waals surface area contributed by atoms with Crippen molar-refractivity contribution in [2.75, 3.05) is 26.2 Å². The molecule has 2 atom stereocenters. The molecule has 1 aromatic carbocycles. The Morgan fingerprint density at radius 1 is 1.33 bits per heavy atom. The lowest BCUT2D eigenvalue weighted by atomic mass is 10.0. The zero-order chi connectivity index (χ0) is 12.5. The summed E-state index contributed by atoms with van der Waals surface area (Å²) in [5.41, 5.74) is 0.944. The molecule has 2 N–H and O–H groups in total. The number of piperazine rings is 2. The Hall–Kier alpha value is -1.46. The molecule has 1 aromatic rings. The third-order valence-corrected chi connectivity index (χ3v) is 3.67. The fourth-order valence-corrected chi connectivity index (χ4v) is 2.67. The average Bonchev–Trinajstić information content (AvgIpc) is 2.38. The Morgan fingerprint density at radius 3 is 3.06 bits per heavy atom. The minimum atomic E-state index is -0.215. The van der Waals surface area contributed by atoms with Crippen molar-refractivity contribution < 1.29 is 9.18 Å².